The van der Waals surface area contributed by atoms with E-state index in [9.17, 15) is 0 Å². The normalized spacial score (nSPS) is 11.4. The van der Waals surface area contributed by atoms with Gasteiger partial charge >= 0.3 is 26.2 Å². The molecule has 0 saturated heterocycles. The van der Waals surface area contributed by atoms with Crippen LogP contribution in [0.4, 0.5) is 0 Å². The number of rotatable bonds is 0. The topological polar surface area (TPSA) is 0 Å². The Balaban J connectivity index is -0.000000165. The maximum atomic E-state index is 3.72. The summed E-state index contributed by atoms with van der Waals surface area (Å²) in [5.41, 5.74) is 1.07. The van der Waals surface area contributed by atoms with Crippen LogP contribution in [-0.4, -0.2) is 0 Å². The molecule has 0 saturated carbocycles. The predicted molar refractivity (Wildman–Crippen MR) is 54.7 cm³/mol. The van der Waals surface area contributed by atoms with Crippen molar-refractivity contribution in [3.63, 3.8) is 0 Å². The van der Waals surface area contributed by atoms with Crippen LogP contribution in [0.2, 0.25) is 0 Å². The second-order valence-corrected chi connectivity index (χ2v) is 2.49. The summed E-state index contributed by atoms with van der Waals surface area (Å²) >= 11 is 0. The molecule has 0 amide bonds. The molecule has 0 heterocycles. The van der Waals surface area contributed by atoms with E-state index in [2.05, 4.69) is 19.1 Å². The predicted octanol–water partition coefficient (Wildman–Crippen LogP) is 3.40. The van der Waals surface area contributed by atoms with Crippen molar-refractivity contribution in [1.82, 2.24) is 0 Å². The van der Waals surface area contributed by atoms with E-state index in [0.29, 0.717) is 0 Å². The summed E-state index contributed by atoms with van der Waals surface area (Å²) in [5.74, 6) is 0. The minimum Gasteiger partial charge on any atom is -1.00 e. The minimum absolute atomic E-state index is 0. The fourth-order valence-electron chi connectivity index (χ4n) is 0.818. The zero-order valence-electron chi connectivity index (χ0n) is 9.53. The molecular weight excluding hydrogens is 235 g/mol. The Morgan fingerprint density at radius 1 is 1.23 bits per heavy atom. The van der Waals surface area contributed by atoms with E-state index in [1.807, 2.05) is 42.5 Å². The van der Waals surface area contributed by atoms with Crippen molar-refractivity contribution in [2.75, 3.05) is 0 Å². The molecule has 0 aromatic heterocycles. The van der Waals surface area contributed by atoms with Gasteiger partial charge in [0.15, 0.2) is 0 Å². The summed E-state index contributed by atoms with van der Waals surface area (Å²) in [5, 5.41) is 0. The van der Waals surface area contributed by atoms with Crippen molar-refractivity contribution < 1.29 is 29.1 Å². The first-order valence-corrected chi connectivity index (χ1v) is 3.98. The van der Waals surface area contributed by atoms with Crippen molar-refractivity contribution in [2.45, 2.75) is 6.42 Å². The summed E-state index contributed by atoms with van der Waals surface area (Å²) < 4.78 is 0. The Bertz CT molecular complexity index is 258. The number of hydrogen-bond donors (Lipinski definition) is 0. The molecule has 1 aromatic rings. The molecule has 0 radical (unpaired) electrons. The largest absolute Gasteiger partial charge is 4.00 e. The summed E-state index contributed by atoms with van der Waals surface area (Å²) in [6.45, 7) is 3.72. The molecule has 66 valence electrons. The number of allylic oxidation sites excluding steroid dienone is 4. The Morgan fingerprint density at radius 3 is 2.15 bits per heavy atom. The van der Waals surface area contributed by atoms with Crippen molar-refractivity contribution in [3.8, 4) is 0 Å². The molecule has 0 fully saturated rings. The van der Waals surface area contributed by atoms with Gasteiger partial charge in [0.05, 0.1) is 0 Å². The zero-order valence-corrected chi connectivity index (χ0v) is 9.99. The molecule has 2 rings (SSSR count). The van der Waals surface area contributed by atoms with E-state index in [4.69, 9.17) is 0 Å². The van der Waals surface area contributed by atoms with E-state index in [0.717, 1.165) is 12.0 Å². The van der Waals surface area contributed by atoms with Crippen molar-refractivity contribution in [3.05, 3.63) is 67.1 Å². The smallest absolute Gasteiger partial charge is 1.00 e. The van der Waals surface area contributed by atoms with Gasteiger partial charge in [-0.1, -0.05) is 6.07 Å². The Kier molecular flexibility index (Phi) is 7.73. The molecule has 1 aliphatic carbocycles. The maximum Gasteiger partial charge on any atom is 4.00 e. The van der Waals surface area contributed by atoms with Gasteiger partial charge in [-0.3, -0.25) is 6.08 Å². The summed E-state index contributed by atoms with van der Waals surface area (Å²) in [4.78, 5) is 0. The summed E-state index contributed by atoms with van der Waals surface area (Å²) in [6, 6.07) is 9.87. The third-order valence-electron chi connectivity index (χ3n) is 1.43. The van der Waals surface area contributed by atoms with Crippen LogP contribution in [0.3, 0.4) is 0 Å². The van der Waals surface area contributed by atoms with Gasteiger partial charge in [0, 0.05) is 0 Å². The molecule has 1 aromatic carbocycles. The van der Waals surface area contributed by atoms with E-state index < -0.39 is 0 Å². The molecule has 0 atom stereocenters. The van der Waals surface area contributed by atoms with Gasteiger partial charge in [0.25, 0.3) is 0 Å². The Hall–Kier alpha value is -0.547. The van der Waals surface area contributed by atoms with Gasteiger partial charge in [-0.05, 0) is 0 Å². The van der Waals surface area contributed by atoms with Crippen molar-refractivity contribution >= 4 is 0 Å². The van der Waals surface area contributed by atoms with E-state index in [1.54, 1.807) is 0 Å². The van der Waals surface area contributed by atoms with Crippen LogP contribution >= 0.6 is 0 Å². The second kappa shape index (κ2) is 8.07. The molecule has 0 N–H and O–H groups in total. The first-order chi connectivity index (χ1) is 5.89. The average Bonchev–Trinajstić information content (AvgIpc) is 2.62. The number of hydrogen-bond acceptors (Lipinski definition) is 0. The average molecular weight is 249 g/mol. The van der Waals surface area contributed by atoms with Crippen LogP contribution in [0.1, 0.15) is 14.8 Å². The minimum atomic E-state index is 0. The fraction of sp³-hybridized carbons (Fsp3) is 0.0833. The molecule has 13 heavy (non-hydrogen) atoms. The Morgan fingerprint density at radius 2 is 1.92 bits per heavy atom. The van der Waals surface area contributed by atoms with Gasteiger partial charge in [-0.25, -0.2) is 12.2 Å². The van der Waals surface area contributed by atoms with Crippen LogP contribution in [-0.2, 0) is 26.2 Å². The Labute approximate surface area is 102 Å². The summed E-state index contributed by atoms with van der Waals surface area (Å²) in [7, 11) is 0. The molecular formula is C12H14Zr. The quantitative estimate of drug-likeness (QED) is 0.618. The van der Waals surface area contributed by atoms with Gasteiger partial charge < -0.3 is 2.85 Å². The maximum absolute atomic E-state index is 3.72. The standard InChI is InChI=1S/C7H7.C5H5.Zr.2H/c1-7-5-3-2-4-6-7;1-2-4-5-3-1;;;/h2-6H,1H2;1-3H,4H2;;;/q2*-1;+4;2*-1. The van der Waals surface area contributed by atoms with Crippen LogP contribution < -0.4 is 0 Å². The van der Waals surface area contributed by atoms with Crippen LogP contribution in [0.15, 0.2) is 48.6 Å². The molecule has 0 unspecified atom stereocenters. The molecule has 0 nitrogen and oxygen atoms in total. The molecule has 1 aliphatic rings. The monoisotopic (exact) mass is 248 g/mol. The van der Waals surface area contributed by atoms with Gasteiger partial charge in [-0.2, -0.15) is 30.7 Å². The second-order valence-electron chi connectivity index (χ2n) is 2.49. The molecule has 0 bridgehead atoms. The van der Waals surface area contributed by atoms with Gasteiger partial charge in [0.1, 0.15) is 0 Å². The van der Waals surface area contributed by atoms with E-state index in [-0.39, 0.29) is 29.1 Å². The SMILES string of the molecule is [C-]1=CC=CC1.[CH2-]c1ccccc1.[H-].[H-].[Zr+4]. The van der Waals surface area contributed by atoms with E-state index >= 15 is 0 Å². The van der Waals surface area contributed by atoms with E-state index in [1.165, 1.54) is 0 Å². The first kappa shape index (κ1) is 12.5. The molecule has 0 spiro atoms. The fourth-order valence-corrected chi connectivity index (χ4v) is 0.818. The first-order valence-electron chi connectivity index (χ1n) is 3.98. The zero-order chi connectivity index (χ0) is 8.65. The van der Waals surface area contributed by atoms with Crippen molar-refractivity contribution in [2.24, 2.45) is 0 Å². The van der Waals surface area contributed by atoms with Crippen LogP contribution in [0, 0.1) is 13.0 Å². The third kappa shape index (κ3) is 6.60. The molecule has 0 aliphatic heterocycles. The van der Waals surface area contributed by atoms with Crippen LogP contribution in [0.5, 0.6) is 0 Å². The number of benzene rings is 1. The summed E-state index contributed by atoms with van der Waals surface area (Å²) in [6.07, 6.45) is 10.0. The van der Waals surface area contributed by atoms with Crippen LogP contribution in [0.25, 0.3) is 0 Å². The van der Waals surface area contributed by atoms with Gasteiger partial charge in [-0.15, -0.1) is 18.6 Å². The third-order valence-corrected chi connectivity index (χ3v) is 1.43. The van der Waals surface area contributed by atoms with Gasteiger partial charge in [0.2, 0.25) is 0 Å². The molecule has 1 heteroatoms. The van der Waals surface area contributed by atoms with Crippen molar-refractivity contribution in [1.29, 1.82) is 0 Å².